The van der Waals surface area contributed by atoms with Crippen LogP contribution in [0.25, 0.3) is 0 Å². The zero-order valence-electron chi connectivity index (χ0n) is 11.5. The number of halogens is 1. The van der Waals surface area contributed by atoms with Crippen LogP contribution in [0.3, 0.4) is 0 Å². The molecule has 0 aliphatic carbocycles. The van der Waals surface area contributed by atoms with Crippen LogP contribution in [0.15, 0.2) is 28.7 Å². The highest BCUT2D eigenvalue weighted by Gasteiger charge is 2.27. The Balaban J connectivity index is 2.08. The van der Waals surface area contributed by atoms with Gasteiger partial charge in [-0.25, -0.2) is 0 Å². The molecule has 1 saturated heterocycles. The molecule has 1 aliphatic rings. The van der Waals surface area contributed by atoms with Crippen molar-refractivity contribution in [2.75, 3.05) is 33.2 Å². The summed E-state index contributed by atoms with van der Waals surface area (Å²) in [6.45, 7) is 3.08. The lowest BCUT2D eigenvalue weighted by molar-refractivity contribution is 0.367. The molecule has 0 spiro atoms. The summed E-state index contributed by atoms with van der Waals surface area (Å²) >= 11 is 3.40. The Morgan fingerprint density at radius 2 is 2.15 bits per heavy atom. The maximum absolute atomic E-state index is 12.5. The number of hydrogen-bond acceptors (Lipinski definition) is 3. The first-order valence-corrected chi connectivity index (χ1v) is 8.86. The zero-order chi connectivity index (χ0) is 14.6. The van der Waals surface area contributed by atoms with Crippen LogP contribution in [0, 0.1) is 0 Å². The molecule has 1 aromatic rings. The Morgan fingerprint density at radius 3 is 2.90 bits per heavy atom. The molecule has 0 saturated carbocycles. The molecule has 0 radical (unpaired) electrons. The minimum atomic E-state index is -3.39. The number of nitrogens with one attached hydrogen (secondary N) is 1. The first kappa shape index (κ1) is 15.9. The lowest BCUT2D eigenvalue weighted by atomic mass is 10.2. The van der Waals surface area contributed by atoms with Gasteiger partial charge in [0.15, 0.2) is 0 Å². The molecule has 0 amide bonds. The Labute approximate surface area is 129 Å². The standard InChI is InChI=1S/C13H20BrN3O2S/c1-16(11-12-4-2-5-13(14)10-12)20(18,19)17-8-3-6-15-7-9-17/h2,4-5,10,15H,3,6-9,11H2,1H3. The van der Waals surface area contributed by atoms with Crippen LogP contribution >= 0.6 is 15.9 Å². The molecule has 1 heterocycles. The Hall–Kier alpha value is -0.470. The van der Waals surface area contributed by atoms with Gasteiger partial charge >= 0.3 is 0 Å². The molecule has 1 aliphatic heterocycles. The van der Waals surface area contributed by atoms with Gasteiger partial charge in [-0.1, -0.05) is 28.1 Å². The quantitative estimate of drug-likeness (QED) is 0.882. The van der Waals surface area contributed by atoms with Gasteiger partial charge in [0.2, 0.25) is 0 Å². The topological polar surface area (TPSA) is 52.7 Å². The average Bonchev–Trinajstić information content (AvgIpc) is 2.67. The van der Waals surface area contributed by atoms with E-state index in [0.717, 1.165) is 23.0 Å². The van der Waals surface area contributed by atoms with E-state index in [9.17, 15) is 8.42 Å². The summed E-state index contributed by atoms with van der Waals surface area (Å²) in [5.74, 6) is 0. The molecule has 1 N–H and O–H groups in total. The van der Waals surface area contributed by atoms with Crippen LogP contribution in [0.1, 0.15) is 12.0 Å². The molecular formula is C13H20BrN3O2S. The summed E-state index contributed by atoms with van der Waals surface area (Å²) in [6.07, 6.45) is 0.851. The van der Waals surface area contributed by atoms with Gasteiger partial charge in [-0.2, -0.15) is 17.0 Å². The summed E-state index contributed by atoms with van der Waals surface area (Å²) in [4.78, 5) is 0. The van der Waals surface area contributed by atoms with Crippen LogP contribution < -0.4 is 5.32 Å². The smallest absolute Gasteiger partial charge is 0.282 e. The molecule has 0 unspecified atom stereocenters. The molecule has 5 nitrogen and oxygen atoms in total. The molecule has 0 bridgehead atoms. The van der Waals surface area contributed by atoms with Gasteiger partial charge < -0.3 is 5.32 Å². The van der Waals surface area contributed by atoms with E-state index in [2.05, 4.69) is 21.2 Å². The van der Waals surface area contributed by atoms with Gasteiger partial charge in [-0.15, -0.1) is 0 Å². The van der Waals surface area contributed by atoms with Crippen molar-refractivity contribution >= 4 is 26.1 Å². The summed E-state index contributed by atoms with van der Waals surface area (Å²) in [5, 5.41) is 3.21. The van der Waals surface area contributed by atoms with Gasteiger partial charge in [0.05, 0.1) is 0 Å². The van der Waals surface area contributed by atoms with Crippen molar-refractivity contribution in [1.29, 1.82) is 0 Å². The van der Waals surface area contributed by atoms with E-state index < -0.39 is 10.2 Å². The zero-order valence-corrected chi connectivity index (χ0v) is 14.0. The molecule has 1 fully saturated rings. The largest absolute Gasteiger partial charge is 0.315 e. The normalized spacial score (nSPS) is 18.1. The third kappa shape index (κ3) is 4.02. The summed E-state index contributed by atoms with van der Waals surface area (Å²) in [5.41, 5.74) is 0.971. The highest BCUT2D eigenvalue weighted by atomic mass is 79.9. The average molecular weight is 362 g/mol. The molecule has 7 heteroatoms. The van der Waals surface area contributed by atoms with Gasteiger partial charge in [0, 0.05) is 37.7 Å². The highest BCUT2D eigenvalue weighted by molar-refractivity contribution is 9.10. The fraction of sp³-hybridized carbons (Fsp3) is 0.538. The first-order chi connectivity index (χ1) is 9.50. The van der Waals surface area contributed by atoms with Crippen LogP contribution in [0.2, 0.25) is 0 Å². The number of nitrogens with zero attached hydrogens (tertiary/aromatic N) is 2. The summed E-state index contributed by atoms with van der Waals surface area (Å²) in [6, 6.07) is 7.71. The maximum atomic E-state index is 12.5. The SMILES string of the molecule is CN(Cc1cccc(Br)c1)S(=O)(=O)N1CCCNCC1. The number of rotatable bonds is 4. The van der Waals surface area contributed by atoms with Crippen LogP contribution in [-0.2, 0) is 16.8 Å². The Kier molecular flexibility index (Phi) is 5.57. The van der Waals surface area contributed by atoms with Crippen molar-refractivity contribution in [2.24, 2.45) is 0 Å². The summed E-state index contributed by atoms with van der Waals surface area (Å²) in [7, 11) is -1.75. The minimum Gasteiger partial charge on any atom is -0.315 e. The molecule has 112 valence electrons. The van der Waals surface area contributed by atoms with E-state index in [1.54, 1.807) is 11.4 Å². The number of benzene rings is 1. The van der Waals surface area contributed by atoms with Gasteiger partial charge in [0.1, 0.15) is 0 Å². The van der Waals surface area contributed by atoms with Crippen LogP contribution in [-0.4, -0.2) is 50.3 Å². The lowest BCUT2D eigenvalue weighted by Gasteiger charge is -2.26. The highest BCUT2D eigenvalue weighted by Crippen LogP contribution is 2.16. The van der Waals surface area contributed by atoms with E-state index in [4.69, 9.17) is 0 Å². The van der Waals surface area contributed by atoms with Crippen molar-refractivity contribution in [3.63, 3.8) is 0 Å². The van der Waals surface area contributed by atoms with Gasteiger partial charge in [-0.3, -0.25) is 0 Å². The monoisotopic (exact) mass is 361 g/mol. The fourth-order valence-corrected chi connectivity index (χ4v) is 4.06. The van der Waals surface area contributed by atoms with E-state index in [1.165, 1.54) is 4.31 Å². The lowest BCUT2D eigenvalue weighted by Crippen LogP contribution is -2.43. The maximum Gasteiger partial charge on any atom is 0.282 e. The molecule has 1 aromatic carbocycles. The molecular weight excluding hydrogens is 342 g/mol. The predicted octanol–water partition coefficient (Wildman–Crippen LogP) is 1.42. The minimum absolute atomic E-state index is 0.381. The van der Waals surface area contributed by atoms with Gasteiger partial charge in [-0.05, 0) is 30.7 Å². The van der Waals surface area contributed by atoms with Crippen molar-refractivity contribution in [2.45, 2.75) is 13.0 Å². The molecule has 20 heavy (non-hydrogen) atoms. The van der Waals surface area contributed by atoms with Crippen LogP contribution in [0.4, 0.5) is 0 Å². The number of hydrogen-bond donors (Lipinski definition) is 1. The Bertz CT molecular complexity index is 542. The van der Waals surface area contributed by atoms with E-state index in [1.807, 2.05) is 24.3 Å². The van der Waals surface area contributed by atoms with Crippen molar-refractivity contribution in [1.82, 2.24) is 13.9 Å². The predicted molar refractivity (Wildman–Crippen MR) is 83.6 cm³/mol. The molecule has 2 rings (SSSR count). The first-order valence-electron chi connectivity index (χ1n) is 6.67. The summed E-state index contributed by atoms with van der Waals surface area (Å²) < 4.78 is 29.0. The van der Waals surface area contributed by atoms with E-state index in [-0.39, 0.29) is 0 Å². The van der Waals surface area contributed by atoms with Gasteiger partial charge in [0.25, 0.3) is 10.2 Å². The Morgan fingerprint density at radius 1 is 1.35 bits per heavy atom. The second-order valence-electron chi connectivity index (χ2n) is 4.90. The van der Waals surface area contributed by atoms with Crippen molar-refractivity contribution < 1.29 is 8.42 Å². The third-order valence-corrected chi connectivity index (χ3v) is 5.74. The third-order valence-electron chi connectivity index (χ3n) is 3.31. The molecule has 0 atom stereocenters. The van der Waals surface area contributed by atoms with Crippen molar-refractivity contribution in [3.05, 3.63) is 34.3 Å². The van der Waals surface area contributed by atoms with E-state index >= 15 is 0 Å². The molecule has 0 aromatic heterocycles. The van der Waals surface area contributed by atoms with Crippen LogP contribution in [0.5, 0.6) is 0 Å². The van der Waals surface area contributed by atoms with Crippen molar-refractivity contribution in [3.8, 4) is 0 Å². The fourth-order valence-electron chi connectivity index (χ4n) is 2.22. The van der Waals surface area contributed by atoms with E-state index in [0.29, 0.717) is 26.2 Å². The second-order valence-corrected chi connectivity index (χ2v) is 7.85. The second kappa shape index (κ2) is 7.00.